The topological polar surface area (TPSA) is 82.1 Å². The quantitative estimate of drug-likeness (QED) is 0.860. The number of aromatic nitrogens is 3. The summed E-state index contributed by atoms with van der Waals surface area (Å²) >= 11 is 0. The van der Waals surface area contributed by atoms with Crippen LogP contribution in [-0.4, -0.2) is 50.3 Å². The van der Waals surface area contributed by atoms with Crippen LogP contribution in [0, 0.1) is 0 Å². The van der Waals surface area contributed by atoms with Crippen molar-refractivity contribution in [1.82, 2.24) is 20.1 Å². The van der Waals surface area contributed by atoms with E-state index in [-0.39, 0.29) is 30.3 Å². The number of nitrogens with one attached hydrogen (secondary N) is 1. The maximum absolute atomic E-state index is 12.4. The molecule has 2 heterocycles. The van der Waals surface area contributed by atoms with E-state index in [1.54, 1.807) is 0 Å². The van der Waals surface area contributed by atoms with Crippen LogP contribution in [0.1, 0.15) is 61.9 Å². The van der Waals surface area contributed by atoms with Crippen molar-refractivity contribution in [2.24, 2.45) is 0 Å². The molecule has 1 aromatic heterocycles. The van der Waals surface area contributed by atoms with Gasteiger partial charge >= 0.3 is 0 Å². The summed E-state index contributed by atoms with van der Waals surface area (Å²) < 4.78 is 0. The Morgan fingerprint density at radius 3 is 2.95 bits per heavy atom. The van der Waals surface area contributed by atoms with Gasteiger partial charge in [-0.05, 0) is 25.7 Å². The highest BCUT2D eigenvalue weighted by Gasteiger charge is 2.29. The molecule has 2 N–H and O–H groups in total. The van der Waals surface area contributed by atoms with E-state index in [4.69, 9.17) is 5.11 Å². The molecular weight excluding hydrogens is 244 g/mol. The molecule has 0 spiro atoms. The molecule has 0 saturated carbocycles. The number of hydrogen-bond acceptors (Lipinski definition) is 4. The fourth-order valence-electron chi connectivity index (χ4n) is 2.47. The van der Waals surface area contributed by atoms with E-state index in [1.165, 1.54) is 0 Å². The van der Waals surface area contributed by atoms with E-state index >= 15 is 0 Å². The Balaban J connectivity index is 2.11. The summed E-state index contributed by atoms with van der Waals surface area (Å²) in [5.41, 5.74) is 0. The maximum atomic E-state index is 12.4. The Labute approximate surface area is 113 Å². The van der Waals surface area contributed by atoms with Crippen molar-refractivity contribution in [2.75, 3.05) is 13.2 Å². The second-order valence-corrected chi connectivity index (χ2v) is 5.36. The Morgan fingerprint density at radius 1 is 1.53 bits per heavy atom. The van der Waals surface area contributed by atoms with Gasteiger partial charge in [-0.25, -0.2) is 4.98 Å². The maximum Gasteiger partial charge on any atom is 0.293 e. The number of aliphatic hydroxyl groups is 1. The van der Waals surface area contributed by atoms with E-state index in [0.29, 0.717) is 6.42 Å². The van der Waals surface area contributed by atoms with Crippen molar-refractivity contribution >= 4 is 5.91 Å². The third-order valence-electron chi connectivity index (χ3n) is 3.59. The monoisotopic (exact) mass is 266 g/mol. The number of likely N-dealkylation sites (tertiary alicyclic amines) is 1. The first-order chi connectivity index (χ1) is 9.13. The molecule has 1 unspecified atom stereocenters. The molecule has 1 saturated heterocycles. The van der Waals surface area contributed by atoms with Crippen LogP contribution in [0.2, 0.25) is 0 Å². The lowest BCUT2D eigenvalue weighted by molar-refractivity contribution is 0.0562. The molecule has 1 fully saturated rings. The minimum atomic E-state index is -0.124. The number of piperidine rings is 1. The first-order valence-corrected chi connectivity index (χ1v) is 6.97. The minimum absolute atomic E-state index is 0.111. The average molecular weight is 266 g/mol. The van der Waals surface area contributed by atoms with Crippen molar-refractivity contribution in [3.8, 4) is 0 Å². The molecule has 0 aromatic carbocycles. The lowest BCUT2D eigenvalue weighted by atomic mass is 9.99. The van der Waals surface area contributed by atoms with E-state index in [9.17, 15) is 4.79 Å². The van der Waals surface area contributed by atoms with Crippen molar-refractivity contribution in [1.29, 1.82) is 0 Å². The van der Waals surface area contributed by atoms with Gasteiger partial charge in [0.2, 0.25) is 5.82 Å². The first-order valence-electron chi connectivity index (χ1n) is 6.97. The third-order valence-corrected chi connectivity index (χ3v) is 3.59. The van der Waals surface area contributed by atoms with E-state index in [0.717, 1.165) is 31.6 Å². The van der Waals surface area contributed by atoms with Crippen LogP contribution in [0.15, 0.2) is 0 Å². The fourth-order valence-corrected chi connectivity index (χ4v) is 2.47. The number of H-pyrrole nitrogens is 1. The van der Waals surface area contributed by atoms with Gasteiger partial charge in [0, 0.05) is 25.1 Å². The zero-order valence-electron chi connectivity index (χ0n) is 11.6. The zero-order valence-corrected chi connectivity index (χ0v) is 11.6. The van der Waals surface area contributed by atoms with Crippen molar-refractivity contribution in [3.05, 3.63) is 11.6 Å². The highest BCUT2D eigenvalue weighted by Crippen LogP contribution is 2.21. The molecule has 1 aliphatic rings. The molecule has 6 heteroatoms. The first kappa shape index (κ1) is 14.0. The second kappa shape index (κ2) is 6.14. The number of hydrogen-bond donors (Lipinski definition) is 2. The van der Waals surface area contributed by atoms with E-state index in [2.05, 4.69) is 15.2 Å². The van der Waals surface area contributed by atoms with Crippen molar-refractivity contribution in [3.63, 3.8) is 0 Å². The summed E-state index contributed by atoms with van der Waals surface area (Å²) in [6, 6.07) is 0.118. The molecule has 6 nitrogen and oxygen atoms in total. The molecule has 0 bridgehead atoms. The molecule has 1 aromatic rings. The Bertz CT molecular complexity index is 428. The average Bonchev–Trinajstić information content (AvgIpc) is 2.89. The van der Waals surface area contributed by atoms with Gasteiger partial charge in [-0.1, -0.05) is 13.8 Å². The molecule has 1 atom stereocenters. The second-order valence-electron chi connectivity index (χ2n) is 5.36. The van der Waals surface area contributed by atoms with Gasteiger partial charge in [-0.3, -0.25) is 9.89 Å². The van der Waals surface area contributed by atoms with Crippen molar-refractivity contribution < 1.29 is 9.90 Å². The number of aliphatic hydroxyl groups excluding tert-OH is 1. The molecule has 2 rings (SSSR count). The number of carbonyl (C=O) groups excluding carboxylic acids is 1. The molecule has 0 aliphatic carbocycles. The Hall–Kier alpha value is -1.43. The number of carbonyl (C=O) groups is 1. The van der Waals surface area contributed by atoms with Crippen LogP contribution >= 0.6 is 0 Å². The molecule has 0 radical (unpaired) electrons. The third kappa shape index (κ3) is 3.12. The number of amides is 1. The molecular formula is C13H22N4O2. The highest BCUT2D eigenvalue weighted by atomic mass is 16.3. The van der Waals surface area contributed by atoms with Crippen LogP contribution in [0.25, 0.3) is 0 Å². The van der Waals surface area contributed by atoms with Crippen LogP contribution in [0.4, 0.5) is 0 Å². The predicted octanol–water partition coefficient (Wildman–Crippen LogP) is 1.31. The van der Waals surface area contributed by atoms with E-state index < -0.39 is 0 Å². The largest absolute Gasteiger partial charge is 0.396 e. The Kier molecular flexibility index (Phi) is 4.52. The summed E-state index contributed by atoms with van der Waals surface area (Å²) in [7, 11) is 0. The summed E-state index contributed by atoms with van der Waals surface area (Å²) in [6.45, 7) is 4.85. The van der Waals surface area contributed by atoms with Gasteiger partial charge in [0.15, 0.2) is 0 Å². The molecule has 1 aliphatic heterocycles. The fraction of sp³-hybridized carbons (Fsp3) is 0.769. The zero-order chi connectivity index (χ0) is 13.8. The minimum Gasteiger partial charge on any atom is -0.396 e. The van der Waals surface area contributed by atoms with Crippen LogP contribution < -0.4 is 0 Å². The number of aromatic amines is 1. The summed E-state index contributed by atoms with van der Waals surface area (Å²) in [5.74, 6) is 1.08. The number of rotatable bonds is 4. The van der Waals surface area contributed by atoms with Crippen LogP contribution in [0.5, 0.6) is 0 Å². The van der Waals surface area contributed by atoms with Crippen LogP contribution in [-0.2, 0) is 0 Å². The normalized spacial score (nSPS) is 20.0. The smallest absolute Gasteiger partial charge is 0.293 e. The van der Waals surface area contributed by atoms with E-state index in [1.807, 2.05) is 18.7 Å². The molecule has 1 amide bonds. The lowest BCUT2D eigenvalue weighted by Crippen LogP contribution is -2.44. The summed E-state index contributed by atoms with van der Waals surface area (Å²) in [6.07, 6.45) is 3.70. The SMILES string of the molecule is CC(C)c1nc(C(=O)N2CCCCC2CCO)n[nH]1. The molecule has 19 heavy (non-hydrogen) atoms. The van der Waals surface area contributed by atoms with Gasteiger partial charge in [0.1, 0.15) is 5.82 Å². The van der Waals surface area contributed by atoms with Gasteiger partial charge in [-0.15, -0.1) is 5.10 Å². The standard InChI is InChI=1S/C13H22N4O2/c1-9(2)11-14-12(16-15-11)13(19)17-7-4-3-5-10(17)6-8-18/h9-10,18H,3-8H2,1-2H3,(H,14,15,16). The summed E-state index contributed by atoms with van der Waals surface area (Å²) in [4.78, 5) is 18.5. The van der Waals surface area contributed by atoms with Gasteiger partial charge in [-0.2, -0.15) is 0 Å². The number of nitrogens with zero attached hydrogens (tertiary/aromatic N) is 3. The van der Waals surface area contributed by atoms with Gasteiger partial charge in [0.05, 0.1) is 0 Å². The van der Waals surface area contributed by atoms with Gasteiger partial charge < -0.3 is 10.0 Å². The lowest BCUT2D eigenvalue weighted by Gasteiger charge is -2.34. The van der Waals surface area contributed by atoms with Crippen molar-refractivity contribution in [2.45, 2.75) is 51.5 Å². The highest BCUT2D eigenvalue weighted by molar-refractivity contribution is 5.90. The van der Waals surface area contributed by atoms with Gasteiger partial charge in [0.25, 0.3) is 5.91 Å². The molecule has 106 valence electrons. The predicted molar refractivity (Wildman–Crippen MR) is 70.9 cm³/mol. The Morgan fingerprint density at radius 2 is 2.32 bits per heavy atom. The summed E-state index contributed by atoms with van der Waals surface area (Å²) in [5, 5.41) is 15.9. The van der Waals surface area contributed by atoms with Crippen LogP contribution in [0.3, 0.4) is 0 Å².